The Morgan fingerprint density at radius 3 is 2.35 bits per heavy atom. The third kappa shape index (κ3) is 4.56. The van der Waals surface area contributed by atoms with E-state index in [9.17, 15) is 4.79 Å². The van der Waals surface area contributed by atoms with E-state index >= 15 is 0 Å². The highest BCUT2D eigenvalue weighted by Crippen LogP contribution is 2.12. The fourth-order valence-corrected chi connectivity index (χ4v) is 2.29. The number of hydrogen-bond acceptors (Lipinski definition) is 5. The molecule has 2 N–H and O–H groups in total. The standard InChI is InChI=1S/C19H14ClN5O/c20-15-5-1-14(2-6-15)12-22-18-10-9-17(24-25-18)19(26)23-16-7-3-13(11-21)4-8-16/h1-10H,12H2,(H,22,25)(H,23,26). The predicted octanol–water partition coefficient (Wildman–Crippen LogP) is 3.87. The van der Waals surface area contributed by atoms with Gasteiger partial charge in [0, 0.05) is 17.3 Å². The molecule has 0 radical (unpaired) electrons. The van der Waals surface area contributed by atoms with Crippen molar-refractivity contribution in [1.29, 1.82) is 5.26 Å². The van der Waals surface area contributed by atoms with Crippen LogP contribution in [0.4, 0.5) is 11.5 Å². The maximum atomic E-state index is 12.2. The first-order valence-corrected chi connectivity index (χ1v) is 8.15. The Kier molecular flexibility index (Phi) is 5.42. The minimum absolute atomic E-state index is 0.200. The average molecular weight is 364 g/mol. The summed E-state index contributed by atoms with van der Waals surface area (Å²) in [6.07, 6.45) is 0. The van der Waals surface area contributed by atoms with Crippen molar-refractivity contribution >= 4 is 29.0 Å². The van der Waals surface area contributed by atoms with E-state index in [1.807, 2.05) is 30.3 Å². The molecule has 7 heteroatoms. The number of nitriles is 1. The van der Waals surface area contributed by atoms with Gasteiger partial charge in [-0.3, -0.25) is 4.79 Å². The van der Waals surface area contributed by atoms with Crippen LogP contribution in [0.2, 0.25) is 5.02 Å². The second-order valence-electron chi connectivity index (χ2n) is 5.43. The van der Waals surface area contributed by atoms with Crippen molar-refractivity contribution in [2.45, 2.75) is 6.54 Å². The second-order valence-corrected chi connectivity index (χ2v) is 5.86. The molecule has 3 aromatic rings. The molecule has 6 nitrogen and oxygen atoms in total. The molecular weight excluding hydrogens is 350 g/mol. The van der Waals surface area contributed by atoms with Crippen LogP contribution in [-0.2, 0) is 6.54 Å². The highest BCUT2D eigenvalue weighted by molar-refractivity contribution is 6.30. The number of rotatable bonds is 5. The zero-order valence-electron chi connectivity index (χ0n) is 13.6. The Morgan fingerprint density at radius 1 is 1.00 bits per heavy atom. The molecule has 1 aromatic heterocycles. The number of nitrogens with zero attached hydrogens (tertiary/aromatic N) is 3. The zero-order valence-corrected chi connectivity index (χ0v) is 14.4. The van der Waals surface area contributed by atoms with E-state index < -0.39 is 0 Å². The van der Waals surface area contributed by atoms with Crippen LogP contribution in [0.5, 0.6) is 0 Å². The summed E-state index contributed by atoms with van der Waals surface area (Å²) in [7, 11) is 0. The predicted molar refractivity (Wildman–Crippen MR) is 99.9 cm³/mol. The van der Waals surface area contributed by atoms with Crippen molar-refractivity contribution in [1.82, 2.24) is 10.2 Å². The molecule has 3 rings (SSSR count). The zero-order chi connectivity index (χ0) is 18.4. The molecule has 0 fully saturated rings. The molecule has 0 aliphatic rings. The molecule has 128 valence electrons. The van der Waals surface area contributed by atoms with Crippen LogP contribution in [0, 0.1) is 11.3 Å². The van der Waals surface area contributed by atoms with E-state index in [1.54, 1.807) is 36.4 Å². The van der Waals surface area contributed by atoms with Gasteiger partial charge in [-0.1, -0.05) is 23.7 Å². The molecule has 0 atom stereocenters. The fourth-order valence-electron chi connectivity index (χ4n) is 2.17. The van der Waals surface area contributed by atoms with Gasteiger partial charge >= 0.3 is 0 Å². The van der Waals surface area contributed by atoms with Gasteiger partial charge in [-0.2, -0.15) is 5.26 Å². The van der Waals surface area contributed by atoms with Gasteiger partial charge in [-0.25, -0.2) is 0 Å². The number of amides is 1. The van der Waals surface area contributed by atoms with Crippen LogP contribution < -0.4 is 10.6 Å². The average Bonchev–Trinajstić information content (AvgIpc) is 2.68. The lowest BCUT2D eigenvalue weighted by Crippen LogP contribution is -2.14. The lowest BCUT2D eigenvalue weighted by Gasteiger charge is -2.07. The molecule has 0 aliphatic heterocycles. The number of halogens is 1. The third-order valence-electron chi connectivity index (χ3n) is 3.56. The van der Waals surface area contributed by atoms with Gasteiger partial charge in [-0.15, -0.1) is 10.2 Å². The topological polar surface area (TPSA) is 90.7 Å². The van der Waals surface area contributed by atoms with Gasteiger partial charge < -0.3 is 10.6 Å². The lowest BCUT2D eigenvalue weighted by atomic mass is 10.2. The molecule has 1 amide bonds. The van der Waals surface area contributed by atoms with Gasteiger partial charge in [0.05, 0.1) is 11.6 Å². The normalized spacial score (nSPS) is 10.0. The molecule has 26 heavy (non-hydrogen) atoms. The summed E-state index contributed by atoms with van der Waals surface area (Å²) in [6, 6.07) is 19.4. The van der Waals surface area contributed by atoms with Crippen LogP contribution in [0.15, 0.2) is 60.7 Å². The maximum absolute atomic E-state index is 12.2. The van der Waals surface area contributed by atoms with E-state index in [0.29, 0.717) is 28.6 Å². The smallest absolute Gasteiger partial charge is 0.276 e. The highest BCUT2D eigenvalue weighted by Gasteiger charge is 2.09. The Hall–Kier alpha value is -3.43. The van der Waals surface area contributed by atoms with Gasteiger partial charge in [-0.05, 0) is 54.1 Å². The number of hydrogen-bond donors (Lipinski definition) is 2. The van der Waals surface area contributed by atoms with Gasteiger partial charge in [0.25, 0.3) is 5.91 Å². The number of aromatic nitrogens is 2. The summed E-state index contributed by atoms with van der Waals surface area (Å²) in [5.41, 5.74) is 2.37. The van der Waals surface area contributed by atoms with Gasteiger partial charge in [0.2, 0.25) is 0 Å². The third-order valence-corrected chi connectivity index (χ3v) is 3.81. The lowest BCUT2D eigenvalue weighted by molar-refractivity contribution is 0.102. The summed E-state index contributed by atoms with van der Waals surface area (Å²) in [5.74, 6) is 0.196. The Labute approximate surface area is 155 Å². The first-order chi connectivity index (χ1) is 12.6. The van der Waals surface area contributed by atoms with Crippen molar-refractivity contribution < 1.29 is 4.79 Å². The minimum atomic E-state index is -0.369. The monoisotopic (exact) mass is 363 g/mol. The first kappa shape index (κ1) is 17.4. The first-order valence-electron chi connectivity index (χ1n) is 7.77. The second kappa shape index (κ2) is 8.10. The molecule has 0 spiro atoms. The van der Waals surface area contributed by atoms with Crippen LogP contribution in [0.25, 0.3) is 0 Å². The molecule has 0 bridgehead atoms. The number of nitrogens with one attached hydrogen (secondary N) is 2. The van der Waals surface area contributed by atoms with E-state index in [1.165, 1.54) is 0 Å². The van der Waals surface area contributed by atoms with E-state index in [4.69, 9.17) is 16.9 Å². The van der Waals surface area contributed by atoms with E-state index in [0.717, 1.165) is 5.56 Å². The van der Waals surface area contributed by atoms with Crippen LogP contribution in [0.3, 0.4) is 0 Å². The number of anilines is 2. The van der Waals surface area contributed by atoms with Crippen LogP contribution in [0.1, 0.15) is 21.6 Å². The number of benzene rings is 2. The molecule has 2 aromatic carbocycles. The Balaban J connectivity index is 1.58. The Bertz CT molecular complexity index is 932. The molecular formula is C19H14ClN5O. The van der Waals surface area contributed by atoms with Crippen molar-refractivity contribution in [2.75, 3.05) is 10.6 Å². The van der Waals surface area contributed by atoms with E-state index in [-0.39, 0.29) is 11.6 Å². The van der Waals surface area contributed by atoms with E-state index in [2.05, 4.69) is 20.8 Å². The highest BCUT2D eigenvalue weighted by atomic mass is 35.5. The largest absolute Gasteiger partial charge is 0.365 e. The van der Waals surface area contributed by atoms with Gasteiger partial charge in [0.1, 0.15) is 5.82 Å². The summed E-state index contributed by atoms with van der Waals surface area (Å²) >= 11 is 5.85. The molecule has 0 saturated carbocycles. The molecule has 0 aliphatic carbocycles. The minimum Gasteiger partial charge on any atom is -0.365 e. The van der Waals surface area contributed by atoms with Gasteiger partial charge in [0.15, 0.2) is 5.69 Å². The summed E-state index contributed by atoms with van der Waals surface area (Å²) < 4.78 is 0. The summed E-state index contributed by atoms with van der Waals surface area (Å²) in [5, 5.41) is 23.2. The summed E-state index contributed by atoms with van der Waals surface area (Å²) in [6.45, 7) is 0.572. The molecule has 1 heterocycles. The number of carbonyl (C=O) groups excluding carboxylic acids is 1. The SMILES string of the molecule is N#Cc1ccc(NC(=O)c2ccc(NCc3ccc(Cl)cc3)nn2)cc1. The van der Waals surface area contributed by atoms with Crippen molar-refractivity contribution in [3.05, 3.63) is 82.5 Å². The fraction of sp³-hybridized carbons (Fsp3) is 0.0526. The van der Waals surface area contributed by atoms with Crippen molar-refractivity contribution in [2.24, 2.45) is 0 Å². The Morgan fingerprint density at radius 2 is 1.73 bits per heavy atom. The quantitative estimate of drug-likeness (QED) is 0.718. The van der Waals surface area contributed by atoms with Crippen LogP contribution >= 0.6 is 11.6 Å². The van der Waals surface area contributed by atoms with Crippen molar-refractivity contribution in [3.63, 3.8) is 0 Å². The van der Waals surface area contributed by atoms with Crippen LogP contribution in [-0.4, -0.2) is 16.1 Å². The maximum Gasteiger partial charge on any atom is 0.276 e. The molecule has 0 unspecified atom stereocenters. The van der Waals surface area contributed by atoms with Crippen molar-refractivity contribution in [3.8, 4) is 6.07 Å². The summed E-state index contributed by atoms with van der Waals surface area (Å²) in [4.78, 5) is 12.2. The number of carbonyl (C=O) groups is 1. The molecule has 0 saturated heterocycles.